The third-order valence-corrected chi connectivity index (χ3v) is 6.32. The van der Waals surface area contributed by atoms with E-state index in [2.05, 4.69) is 81.4 Å². The van der Waals surface area contributed by atoms with E-state index >= 15 is 0 Å². The van der Waals surface area contributed by atoms with Crippen molar-refractivity contribution >= 4 is 11.3 Å². The van der Waals surface area contributed by atoms with Crippen LogP contribution in [-0.4, -0.2) is 36.2 Å². The second-order valence-corrected chi connectivity index (χ2v) is 10.6. The highest BCUT2D eigenvalue weighted by molar-refractivity contribution is 7.10. The molecule has 1 aliphatic heterocycles. The van der Waals surface area contributed by atoms with Gasteiger partial charge >= 0.3 is 0 Å². The molecule has 0 saturated carbocycles. The molecule has 1 atom stereocenters. The second kappa shape index (κ2) is 7.57. The summed E-state index contributed by atoms with van der Waals surface area (Å²) in [5.74, 6) is 0.462. The molecule has 0 spiro atoms. The zero-order chi connectivity index (χ0) is 19.8. The largest absolute Gasteiger partial charge is 0.507 e. The molecule has 148 valence electrons. The van der Waals surface area contributed by atoms with Gasteiger partial charge in [0, 0.05) is 31.1 Å². The molecular formula is C23H34N2OS. The van der Waals surface area contributed by atoms with Gasteiger partial charge in [-0.15, -0.1) is 11.3 Å². The Balaban J connectivity index is 2.19. The minimum absolute atomic E-state index is 0.108. The van der Waals surface area contributed by atoms with Crippen molar-refractivity contribution in [3.63, 3.8) is 0 Å². The molecule has 27 heavy (non-hydrogen) atoms. The van der Waals surface area contributed by atoms with Gasteiger partial charge in [0.1, 0.15) is 5.75 Å². The first-order valence-electron chi connectivity index (χ1n) is 9.95. The van der Waals surface area contributed by atoms with Crippen LogP contribution < -0.4 is 5.32 Å². The summed E-state index contributed by atoms with van der Waals surface area (Å²) in [4.78, 5) is 3.95. The van der Waals surface area contributed by atoms with Crippen molar-refractivity contribution < 1.29 is 5.11 Å². The first-order valence-corrected chi connectivity index (χ1v) is 10.8. The summed E-state index contributed by atoms with van der Waals surface area (Å²) < 4.78 is 0. The maximum atomic E-state index is 11.1. The van der Waals surface area contributed by atoms with Crippen LogP contribution in [0.2, 0.25) is 0 Å². The zero-order valence-electron chi connectivity index (χ0n) is 17.6. The van der Waals surface area contributed by atoms with E-state index in [1.165, 1.54) is 10.4 Å². The van der Waals surface area contributed by atoms with Crippen molar-refractivity contribution in [2.45, 2.75) is 58.4 Å². The van der Waals surface area contributed by atoms with Crippen LogP contribution in [0, 0.1) is 0 Å². The number of aromatic hydroxyl groups is 1. The standard InChI is InChI=1S/C23H34N2OS/c1-22(2,3)17-14-16(15-18(21(17)26)23(4,5)6)20(19-8-7-13-27-19)25-11-9-24-10-12-25/h7-8,13-15,20,24,26H,9-12H2,1-6H3/t20-/m0/s1. The van der Waals surface area contributed by atoms with Gasteiger partial charge in [0.2, 0.25) is 0 Å². The molecule has 1 saturated heterocycles. The normalized spacial score (nSPS) is 17.9. The van der Waals surface area contributed by atoms with E-state index in [9.17, 15) is 5.11 Å². The lowest BCUT2D eigenvalue weighted by Crippen LogP contribution is -2.45. The highest BCUT2D eigenvalue weighted by Gasteiger charge is 2.31. The Kier molecular flexibility index (Phi) is 5.72. The quantitative estimate of drug-likeness (QED) is 0.775. The van der Waals surface area contributed by atoms with Gasteiger partial charge in [-0.25, -0.2) is 0 Å². The fourth-order valence-corrected chi connectivity index (χ4v) is 4.79. The molecule has 3 rings (SSSR count). The predicted octanol–water partition coefficient (Wildman–Crippen LogP) is 5.04. The van der Waals surface area contributed by atoms with E-state index in [4.69, 9.17) is 0 Å². The lowest BCUT2D eigenvalue weighted by molar-refractivity contribution is 0.200. The van der Waals surface area contributed by atoms with Gasteiger partial charge in [0.05, 0.1) is 6.04 Å². The number of rotatable bonds is 3. The number of thiophene rings is 1. The summed E-state index contributed by atoms with van der Waals surface area (Å²) in [5.41, 5.74) is 3.17. The molecule has 0 radical (unpaired) electrons. The fourth-order valence-electron chi connectivity index (χ4n) is 3.90. The van der Waals surface area contributed by atoms with Gasteiger partial charge < -0.3 is 10.4 Å². The maximum absolute atomic E-state index is 11.1. The van der Waals surface area contributed by atoms with Crippen LogP contribution >= 0.6 is 11.3 Å². The second-order valence-electron chi connectivity index (χ2n) is 9.67. The number of nitrogens with zero attached hydrogens (tertiary/aromatic N) is 1. The first-order chi connectivity index (χ1) is 12.6. The van der Waals surface area contributed by atoms with Crippen LogP contribution in [0.25, 0.3) is 0 Å². The molecular weight excluding hydrogens is 352 g/mol. The molecule has 1 fully saturated rings. The molecule has 2 heterocycles. The molecule has 0 bridgehead atoms. The third kappa shape index (κ3) is 4.39. The summed E-state index contributed by atoms with van der Waals surface area (Å²) in [6.07, 6.45) is 0. The first kappa shape index (κ1) is 20.4. The average Bonchev–Trinajstić information content (AvgIpc) is 3.09. The van der Waals surface area contributed by atoms with Crippen molar-refractivity contribution in [1.29, 1.82) is 0 Å². The highest BCUT2D eigenvalue weighted by atomic mass is 32.1. The lowest BCUT2D eigenvalue weighted by Gasteiger charge is -2.36. The highest BCUT2D eigenvalue weighted by Crippen LogP contribution is 2.43. The van der Waals surface area contributed by atoms with Crippen LogP contribution in [0.1, 0.15) is 69.2 Å². The molecule has 1 aromatic carbocycles. The van der Waals surface area contributed by atoms with E-state index in [0.29, 0.717) is 5.75 Å². The number of hydrogen-bond donors (Lipinski definition) is 2. The van der Waals surface area contributed by atoms with Gasteiger partial charge in [-0.05, 0) is 51.1 Å². The molecule has 2 N–H and O–H groups in total. The van der Waals surface area contributed by atoms with Crippen molar-refractivity contribution in [3.8, 4) is 5.75 Å². The number of benzene rings is 1. The molecule has 0 unspecified atom stereocenters. The SMILES string of the molecule is CC(C)(C)c1cc([C@@H](c2cccs2)N2CCNCC2)cc(C(C)(C)C)c1O. The van der Waals surface area contributed by atoms with E-state index in [0.717, 1.165) is 37.3 Å². The van der Waals surface area contributed by atoms with Crippen LogP contribution in [-0.2, 0) is 10.8 Å². The van der Waals surface area contributed by atoms with Crippen LogP contribution in [0.4, 0.5) is 0 Å². The van der Waals surface area contributed by atoms with Gasteiger partial charge in [0.25, 0.3) is 0 Å². The van der Waals surface area contributed by atoms with Crippen molar-refractivity contribution in [1.82, 2.24) is 10.2 Å². The van der Waals surface area contributed by atoms with Crippen molar-refractivity contribution in [3.05, 3.63) is 51.2 Å². The topological polar surface area (TPSA) is 35.5 Å². The fraction of sp³-hybridized carbons (Fsp3) is 0.565. The van der Waals surface area contributed by atoms with Crippen LogP contribution in [0.3, 0.4) is 0 Å². The Morgan fingerprint density at radius 1 is 1.00 bits per heavy atom. The number of phenols is 1. The van der Waals surface area contributed by atoms with Crippen molar-refractivity contribution in [2.75, 3.05) is 26.2 Å². The minimum atomic E-state index is -0.108. The van der Waals surface area contributed by atoms with Gasteiger partial charge in [-0.1, -0.05) is 47.6 Å². The minimum Gasteiger partial charge on any atom is -0.507 e. The summed E-state index contributed by atoms with van der Waals surface area (Å²) in [7, 11) is 0. The van der Waals surface area contributed by atoms with E-state index in [-0.39, 0.29) is 16.9 Å². The van der Waals surface area contributed by atoms with Crippen molar-refractivity contribution in [2.24, 2.45) is 0 Å². The Morgan fingerprint density at radius 3 is 2.00 bits per heavy atom. The monoisotopic (exact) mass is 386 g/mol. The Labute approximate surface area is 168 Å². The number of phenolic OH excluding ortho intramolecular Hbond substituents is 1. The van der Waals surface area contributed by atoms with Gasteiger partial charge in [-0.3, -0.25) is 4.90 Å². The Morgan fingerprint density at radius 2 is 1.56 bits per heavy atom. The summed E-state index contributed by atoms with van der Waals surface area (Å²) in [6.45, 7) is 17.2. The van der Waals surface area contributed by atoms with Crippen LogP contribution in [0.5, 0.6) is 5.75 Å². The zero-order valence-corrected chi connectivity index (χ0v) is 18.4. The molecule has 0 amide bonds. The average molecular weight is 387 g/mol. The predicted molar refractivity (Wildman–Crippen MR) is 116 cm³/mol. The Hall–Kier alpha value is -1.36. The molecule has 0 aliphatic carbocycles. The van der Waals surface area contributed by atoms with E-state index in [1.807, 2.05) is 11.3 Å². The van der Waals surface area contributed by atoms with Crippen LogP contribution in [0.15, 0.2) is 29.6 Å². The van der Waals surface area contributed by atoms with E-state index < -0.39 is 0 Å². The number of piperazine rings is 1. The Bertz CT molecular complexity index is 728. The van der Waals surface area contributed by atoms with Gasteiger partial charge in [-0.2, -0.15) is 0 Å². The number of hydrogen-bond acceptors (Lipinski definition) is 4. The van der Waals surface area contributed by atoms with Gasteiger partial charge in [0.15, 0.2) is 0 Å². The summed E-state index contributed by atoms with van der Waals surface area (Å²) in [5, 5.41) is 16.7. The molecule has 1 aromatic heterocycles. The maximum Gasteiger partial charge on any atom is 0.123 e. The summed E-state index contributed by atoms with van der Waals surface area (Å²) >= 11 is 1.83. The summed E-state index contributed by atoms with van der Waals surface area (Å²) in [6, 6.07) is 9.13. The van der Waals surface area contributed by atoms with E-state index in [1.54, 1.807) is 0 Å². The third-order valence-electron chi connectivity index (χ3n) is 5.39. The molecule has 4 heteroatoms. The molecule has 3 nitrogen and oxygen atoms in total. The molecule has 2 aromatic rings. The lowest BCUT2D eigenvalue weighted by atomic mass is 9.77. The molecule has 1 aliphatic rings. The smallest absolute Gasteiger partial charge is 0.123 e. The number of nitrogens with one attached hydrogen (secondary N) is 1.